The molecule has 0 bridgehead atoms. The van der Waals surface area contributed by atoms with Gasteiger partial charge >= 0.3 is 0 Å². The largest absolute Gasteiger partial charge is 0.296 e. The molecule has 0 amide bonds. The Labute approximate surface area is 149 Å². The van der Waals surface area contributed by atoms with Crippen molar-refractivity contribution < 1.29 is 0 Å². The van der Waals surface area contributed by atoms with Crippen molar-refractivity contribution in [2.45, 2.75) is 32.6 Å². The Kier molecular flexibility index (Phi) is 3.12. The van der Waals surface area contributed by atoms with E-state index in [0.29, 0.717) is 11.6 Å². The van der Waals surface area contributed by atoms with Gasteiger partial charge in [-0.05, 0) is 44.2 Å². The van der Waals surface area contributed by atoms with E-state index in [0.717, 1.165) is 46.5 Å². The van der Waals surface area contributed by atoms with Gasteiger partial charge in [0.25, 0.3) is 5.56 Å². The molecule has 0 radical (unpaired) electrons. The molecule has 4 aromatic rings. The molecule has 5 rings (SSSR count). The summed E-state index contributed by atoms with van der Waals surface area (Å²) in [5, 5.41) is 7.49. The van der Waals surface area contributed by atoms with Crippen LogP contribution in [0.3, 0.4) is 0 Å². The molecule has 0 spiro atoms. The van der Waals surface area contributed by atoms with Crippen LogP contribution >= 0.6 is 0 Å². The van der Waals surface area contributed by atoms with Crippen LogP contribution in [0, 0.1) is 13.8 Å². The van der Waals surface area contributed by atoms with Gasteiger partial charge in [0.15, 0.2) is 5.65 Å². The molecule has 0 saturated heterocycles. The van der Waals surface area contributed by atoms with E-state index in [1.807, 2.05) is 38.5 Å². The molecule has 0 aromatic carbocycles. The minimum Gasteiger partial charge on any atom is -0.296 e. The molecule has 1 aliphatic carbocycles. The average Bonchev–Trinajstić information content (AvgIpc) is 3.17. The average molecular weight is 346 g/mol. The molecule has 26 heavy (non-hydrogen) atoms. The van der Waals surface area contributed by atoms with Crippen molar-refractivity contribution >= 4 is 5.65 Å². The normalized spacial score (nSPS) is 14.2. The predicted octanol–water partition coefficient (Wildman–Crippen LogP) is 2.76. The van der Waals surface area contributed by atoms with Gasteiger partial charge in [-0.15, -0.1) is 0 Å². The second kappa shape index (κ2) is 5.39. The number of rotatable bonds is 3. The maximum atomic E-state index is 12.8. The van der Waals surface area contributed by atoms with Crippen LogP contribution in [-0.2, 0) is 0 Å². The Balaban J connectivity index is 1.63. The lowest BCUT2D eigenvalue weighted by atomic mass is 10.1. The molecule has 0 aliphatic heterocycles. The second-order valence-electron chi connectivity index (χ2n) is 6.93. The molecule has 7 nitrogen and oxygen atoms in total. The van der Waals surface area contributed by atoms with Crippen LogP contribution in [0.2, 0.25) is 0 Å². The summed E-state index contributed by atoms with van der Waals surface area (Å²) in [5.41, 5.74) is 6.05. The third-order valence-corrected chi connectivity index (χ3v) is 4.89. The third kappa shape index (κ3) is 2.28. The van der Waals surface area contributed by atoms with Crippen molar-refractivity contribution in [2.24, 2.45) is 0 Å². The van der Waals surface area contributed by atoms with Gasteiger partial charge in [-0.3, -0.25) is 14.9 Å². The number of aromatic amines is 1. The van der Waals surface area contributed by atoms with Gasteiger partial charge < -0.3 is 0 Å². The van der Waals surface area contributed by atoms with Crippen molar-refractivity contribution in [3.05, 3.63) is 64.2 Å². The number of aromatic nitrogens is 6. The number of nitrogens with one attached hydrogen (secondary N) is 1. The number of hydrogen-bond acceptors (Lipinski definition) is 4. The highest BCUT2D eigenvalue weighted by atomic mass is 16.1. The first kappa shape index (κ1) is 15.1. The summed E-state index contributed by atoms with van der Waals surface area (Å²) in [6, 6.07) is 2.02. The Morgan fingerprint density at radius 3 is 2.81 bits per heavy atom. The lowest BCUT2D eigenvalue weighted by molar-refractivity contribution is 0.849. The fourth-order valence-corrected chi connectivity index (χ4v) is 3.46. The van der Waals surface area contributed by atoms with E-state index in [-0.39, 0.29) is 5.56 Å². The summed E-state index contributed by atoms with van der Waals surface area (Å²) < 4.78 is 3.32. The molecular formula is C19H18N6O. The fourth-order valence-electron chi connectivity index (χ4n) is 3.46. The molecule has 4 heterocycles. The second-order valence-corrected chi connectivity index (χ2v) is 6.93. The third-order valence-electron chi connectivity index (χ3n) is 4.89. The highest BCUT2D eigenvalue weighted by molar-refractivity contribution is 5.76. The Bertz CT molecular complexity index is 1190. The zero-order chi connectivity index (χ0) is 17.8. The summed E-state index contributed by atoms with van der Waals surface area (Å²) in [7, 11) is 0. The monoisotopic (exact) mass is 346 g/mol. The zero-order valence-corrected chi connectivity index (χ0v) is 14.6. The van der Waals surface area contributed by atoms with E-state index >= 15 is 0 Å². The molecule has 1 fully saturated rings. The summed E-state index contributed by atoms with van der Waals surface area (Å²) in [6.07, 6.45) is 11.3. The van der Waals surface area contributed by atoms with Gasteiger partial charge in [0.1, 0.15) is 0 Å². The lowest BCUT2D eigenvalue weighted by Gasteiger charge is -2.04. The molecule has 0 atom stereocenters. The molecule has 1 aliphatic rings. The van der Waals surface area contributed by atoms with Gasteiger partial charge in [-0.1, -0.05) is 0 Å². The highest BCUT2D eigenvalue weighted by Crippen LogP contribution is 2.39. The Morgan fingerprint density at radius 1 is 1.19 bits per heavy atom. The first-order chi connectivity index (χ1) is 12.6. The first-order valence-electron chi connectivity index (χ1n) is 8.69. The SMILES string of the molecule is Cc1cncc(-n2cc(-c3c[nH]n4c(=O)c(C5CC5)c(C)nc34)cn2)c1. The lowest BCUT2D eigenvalue weighted by Crippen LogP contribution is -2.21. The highest BCUT2D eigenvalue weighted by Gasteiger charge is 2.30. The molecular weight excluding hydrogens is 328 g/mol. The minimum atomic E-state index is 0.0107. The number of aryl methyl sites for hydroxylation is 2. The van der Waals surface area contributed by atoms with Crippen LogP contribution in [0.4, 0.5) is 0 Å². The van der Waals surface area contributed by atoms with Crippen LogP contribution < -0.4 is 5.56 Å². The molecule has 0 unspecified atom stereocenters. The van der Waals surface area contributed by atoms with Gasteiger partial charge in [0.2, 0.25) is 0 Å². The van der Waals surface area contributed by atoms with E-state index in [2.05, 4.69) is 15.2 Å². The molecule has 1 N–H and O–H groups in total. The van der Waals surface area contributed by atoms with E-state index in [1.54, 1.807) is 21.6 Å². The van der Waals surface area contributed by atoms with Crippen molar-refractivity contribution in [1.29, 1.82) is 0 Å². The molecule has 4 aromatic heterocycles. The summed E-state index contributed by atoms with van der Waals surface area (Å²) in [6.45, 7) is 3.92. The topological polar surface area (TPSA) is 80.9 Å². The number of fused-ring (bicyclic) bond motifs is 1. The number of hydrogen-bond donors (Lipinski definition) is 1. The quantitative estimate of drug-likeness (QED) is 0.618. The predicted molar refractivity (Wildman–Crippen MR) is 97.6 cm³/mol. The summed E-state index contributed by atoms with van der Waals surface area (Å²) >= 11 is 0. The zero-order valence-electron chi connectivity index (χ0n) is 14.6. The van der Waals surface area contributed by atoms with Crippen LogP contribution in [0.25, 0.3) is 22.5 Å². The smallest absolute Gasteiger partial charge is 0.276 e. The fraction of sp³-hybridized carbons (Fsp3) is 0.263. The van der Waals surface area contributed by atoms with E-state index in [4.69, 9.17) is 4.98 Å². The van der Waals surface area contributed by atoms with Gasteiger partial charge in [0.05, 0.1) is 18.1 Å². The van der Waals surface area contributed by atoms with E-state index in [9.17, 15) is 4.79 Å². The Morgan fingerprint density at radius 2 is 2.04 bits per heavy atom. The van der Waals surface area contributed by atoms with Crippen LogP contribution in [0.15, 0.2) is 41.8 Å². The number of pyridine rings is 1. The first-order valence-corrected chi connectivity index (χ1v) is 8.69. The standard InChI is InChI=1S/C19H18N6O/c1-11-5-15(8-20-6-11)24-10-14(7-21-24)16-9-22-25-18(16)23-12(2)17(19(25)26)13-3-4-13/h5-10,13,22H,3-4H2,1-2H3. The number of H-pyrrole nitrogens is 1. The van der Waals surface area contributed by atoms with Crippen molar-refractivity contribution in [1.82, 2.24) is 29.4 Å². The van der Waals surface area contributed by atoms with Gasteiger partial charge in [-0.25, -0.2) is 14.2 Å². The molecule has 7 heteroatoms. The van der Waals surface area contributed by atoms with Crippen molar-refractivity contribution in [3.8, 4) is 16.8 Å². The van der Waals surface area contributed by atoms with Crippen LogP contribution in [-0.4, -0.2) is 29.4 Å². The maximum Gasteiger partial charge on any atom is 0.276 e. The van der Waals surface area contributed by atoms with Crippen molar-refractivity contribution in [2.75, 3.05) is 0 Å². The van der Waals surface area contributed by atoms with Gasteiger partial charge in [-0.2, -0.15) is 5.10 Å². The van der Waals surface area contributed by atoms with Crippen LogP contribution in [0.5, 0.6) is 0 Å². The minimum absolute atomic E-state index is 0.0107. The van der Waals surface area contributed by atoms with E-state index in [1.165, 1.54) is 0 Å². The number of nitrogens with zero attached hydrogens (tertiary/aromatic N) is 5. The van der Waals surface area contributed by atoms with Crippen LogP contribution in [0.1, 0.15) is 35.6 Å². The maximum absolute atomic E-state index is 12.8. The summed E-state index contributed by atoms with van der Waals surface area (Å²) in [5.74, 6) is 0.371. The summed E-state index contributed by atoms with van der Waals surface area (Å²) in [4.78, 5) is 21.7. The molecule has 130 valence electrons. The molecule has 1 saturated carbocycles. The van der Waals surface area contributed by atoms with Crippen molar-refractivity contribution in [3.63, 3.8) is 0 Å². The van der Waals surface area contributed by atoms with E-state index < -0.39 is 0 Å². The Hall–Kier alpha value is -3.22. The van der Waals surface area contributed by atoms with Gasteiger partial charge in [0, 0.05) is 41.0 Å².